The van der Waals surface area contributed by atoms with Crippen molar-refractivity contribution in [2.75, 3.05) is 17.7 Å². The second-order valence-corrected chi connectivity index (χ2v) is 6.26. The maximum atomic E-state index is 12.6. The highest BCUT2D eigenvalue weighted by Gasteiger charge is 2.34. The van der Waals surface area contributed by atoms with E-state index >= 15 is 0 Å². The largest absolute Gasteiger partial charge is 0.495 e. The SMILES string of the molecule is COc1ccc(C)cc1NC(=O)CC1C(=O)Nc2nc3ccccc3n21. The number of methoxy groups -OCH3 is 1. The standard InChI is InChI=1S/C19H18N4O3/c1-11-7-8-16(26-2)13(9-11)20-17(24)10-15-18(25)22-19-21-12-5-3-4-6-14(12)23(15)19/h3-9,15H,10H2,1-2H3,(H,20,24)(H,21,22,25). The van der Waals surface area contributed by atoms with Crippen molar-refractivity contribution in [2.45, 2.75) is 19.4 Å². The number of imidazole rings is 1. The number of aryl methyl sites for hydroxylation is 1. The summed E-state index contributed by atoms with van der Waals surface area (Å²) in [4.78, 5) is 29.3. The van der Waals surface area contributed by atoms with E-state index < -0.39 is 6.04 Å². The highest BCUT2D eigenvalue weighted by molar-refractivity contribution is 6.03. The molecule has 0 saturated heterocycles. The zero-order valence-corrected chi connectivity index (χ0v) is 14.4. The van der Waals surface area contributed by atoms with E-state index in [0.29, 0.717) is 17.4 Å². The monoisotopic (exact) mass is 350 g/mol. The Morgan fingerprint density at radius 1 is 1.31 bits per heavy atom. The Morgan fingerprint density at radius 2 is 2.12 bits per heavy atom. The van der Waals surface area contributed by atoms with Gasteiger partial charge >= 0.3 is 0 Å². The molecular formula is C19H18N4O3. The molecule has 2 amide bonds. The van der Waals surface area contributed by atoms with Gasteiger partial charge in [0.1, 0.15) is 11.8 Å². The molecule has 1 aromatic heterocycles. The molecule has 1 atom stereocenters. The van der Waals surface area contributed by atoms with Crippen molar-refractivity contribution in [3.05, 3.63) is 48.0 Å². The quantitative estimate of drug-likeness (QED) is 0.758. The first kappa shape index (κ1) is 16.1. The van der Waals surface area contributed by atoms with Crippen LogP contribution in [0.4, 0.5) is 11.6 Å². The fourth-order valence-corrected chi connectivity index (χ4v) is 3.24. The minimum atomic E-state index is -0.631. The molecule has 0 bridgehead atoms. The maximum Gasteiger partial charge on any atom is 0.250 e. The molecule has 7 heteroatoms. The fraction of sp³-hybridized carbons (Fsp3) is 0.211. The predicted molar refractivity (Wildman–Crippen MR) is 98.4 cm³/mol. The van der Waals surface area contributed by atoms with E-state index in [9.17, 15) is 9.59 Å². The zero-order chi connectivity index (χ0) is 18.3. The molecule has 132 valence electrons. The average Bonchev–Trinajstić information content (AvgIpc) is 3.11. The lowest BCUT2D eigenvalue weighted by atomic mass is 10.1. The van der Waals surface area contributed by atoms with Gasteiger partial charge < -0.3 is 10.1 Å². The first-order valence-electron chi connectivity index (χ1n) is 8.29. The van der Waals surface area contributed by atoms with Crippen LogP contribution in [0.2, 0.25) is 0 Å². The highest BCUT2D eigenvalue weighted by Crippen LogP contribution is 2.33. The van der Waals surface area contributed by atoms with Crippen LogP contribution in [0.1, 0.15) is 18.0 Å². The Balaban J connectivity index is 1.59. The number of benzene rings is 2. The second kappa shape index (κ2) is 6.18. The van der Waals surface area contributed by atoms with Crippen molar-refractivity contribution in [1.82, 2.24) is 9.55 Å². The van der Waals surface area contributed by atoms with Gasteiger partial charge in [0, 0.05) is 0 Å². The Kier molecular flexibility index (Phi) is 3.84. The molecule has 3 aromatic rings. The lowest BCUT2D eigenvalue weighted by molar-refractivity contribution is -0.123. The van der Waals surface area contributed by atoms with E-state index in [1.165, 1.54) is 0 Å². The molecule has 0 fully saturated rings. The van der Waals surface area contributed by atoms with Crippen molar-refractivity contribution in [2.24, 2.45) is 0 Å². The number of nitrogens with one attached hydrogen (secondary N) is 2. The third-order valence-corrected chi connectivity index (χ3v) is 4.45. The van der Waals surface area contributed by atoms with Gasteiger partial charge in [0.05, 0.1) is 30.3 Å². The Hall–Kier alpha value is -3.35. The minimum Gasteiger partial charge on any atom is -0.495 e. The zero-order valence-electron chi connectivity index (χ0n) is 14.4. The number of carbonyl (C=O) groups excluding carboxylic acids is 2. The number of rotatable bonds is 4. The lowest BCUT2D eigenvalue weighted by Crippen LogP contribution is -2.23. The normalized spacial score (nSPS) is 15.6. The summed E-state index contributed by atoms with van der Waals surface area (Å²) in [6.45, 7) is 1.93. The number of fused-ring (bicyclic) bond motifs is 3. The van der Waals surface area contributed by atoms with Gasteiger partial charge in [-0.15, -0.1) is 0 Å². The second-order valence-electron chi connectivity index (χ2n) is 6.26. The van der Waals surface area contributed by atoms with E-state index in [-0.39, 0.29) is 18.2 Å². The predicted octanol–water partition coefficient (Wildman–Crippen LogP) is 2.88. The molecule has 1 unspecified atom stereocenters. The van der Waals surface area contributed by atoms with Gasteiger partial charge in [-0.05, 0) is 36.8 Å². The number of hydrogen-bond donors (Lipinski definition) is 2. The molecule has 0 aliphatic carbocycles. The topological polar surface area (TPSA) is 85.2 Å². The van der Waals surface area contributed by atoms with Crippen LogP contribution in [0.25, 0.3) is 11.0 Å². The third-order valence-electron chi connectivity index (χ3n) is 4.45. The summed E-state index contributed by atoms with van der Waals surface area (Å²) in [5.74, 6) is 0.556. The first-order valence-corrected chi connectivity index (χ1v) is 8.29. The summed E-state index contributed by atoms with van der Waals surface area (Å²) in [5.41, 5.74) is 3.20. The van der Waals surface area contributed by atoms with Gasteiger partial charge in [0.2, 0.25) is 17.8 Å². The van der Waals surface area contributed by atoms with Crippen molar-refractivity contribution >= 4 is 34.5 Å². The summed E-state index contributed by atoms with van der Waals surface area (Å²) >= 11 is 0. The van der Waals surface area contributed by atoms with Crippen LogP contribution in [0.15, 0.2) is 42.5 Å². The number of nitrogens with zero attached hydrogens (tertiary/aromatic N) is 2. The number of aromatic nitrogens is 2. The molecule has 26 heavy (non-hydrogen) atoms. The number of hydrogen-bond acceptors (Lipinski definition) is 4. The fourth-order valence-electron chi connectivity index (χ4n) is 3.24. The average molecular weight is 350 g/mol. The number of anilines is 2. The molecule has 7 nitrogen and oxygen atoms in total. The number of carbonyl (C=O) groups is 2. The van der Waals surface area contributed by atoms with Crippen molar-refractivity contribution in [3.63, 3.8) is 0 Å². The first-order chi connectivity index (χ1) is 12.6. The molecule has 0 radical (unpaired) electrons. The molecule has 0 spiro atoms. The molecule has 0 saturated carbocycles. The Labute approximate surface area is 150 Å². The number of amides is 2. The molecule has 2 heterocycles. The molecule has 1 aliphatic rings. The molecule has 1 aliphatic heterocycles. The summed E-state index contributed by atoms with van der Waals surface area (Å²) in [7, 11) is 1.55. The molecule has 2 aromatic carbocycles. The van der Waals surface area contributed by atoms with Gasteiger partial charge in [-0.1, -0.05) is 18.2 Å². The van der Waals surface area contributed by atoms with E-state index in [4.69, 9.17) is 4.74 Å². The summed E-state index contributed by atoms with van der Waals surface area (Å²) in [6.07, 6.45) is 0.0102. The van der Waals surface area contributed by atoms with Crippen molar-refractivity contribution < 1.29 is 14.3 Å². The summed E-state index contributed by atoms with van der Waals surface area (Å²) in [6, 6.07) is 12.4. The lowest BCUT2D eigenvalue weighted by Gasteiger charge is -2.14. The van der Waals surface area contributed by atoms with E-state index in [1.54, 1.807) is 17.7 Å². The van der Waals surface area contributed by atoms with Gasteiger partial charge in [-0.2, -0.15) is 0 Å². The maximum absolute atomic E-state index is 12.6. The van der Waals surface area contributed by atoms with Gasteiger partial charge in [-0.3, -0.25) is 19.5 Å². The Bertz CT molecular complexity index is 1020. The molecular weight excluding hydrogens is 332 g/mol. The van der Waals surface area contributed by atoms with Crippen LogP contribution in [-0.4, -0.2) is 28.5 Å². The summed E-state index contributed by atoms with van der Waals surface area (Å²) < 4.78 is 7.07. The smallest absolute Gasteiger partial charge is 0.250 e. The highest BCUT2D eigenvalue weighted by atomic mass is 16.5. The van der Waals surface area contributed by atoms with Crippen LogP contribution in [-0.2, 0) is 9.59 Å². The molecule has 2 N–H and O–H groups in total. The molecule has 4 rings (SSSR count). The number of para-hydroxylation sites is 2. The minimum absolute atomic E-state index is 0.0102. The van der Waals surface area contributed by atoms with Crippen molar-refractivity contribution in [3.8, 4) is 5.75 Å². The van der Waals surface area contributed by atoms with E-state index in [1.807, 2.05) is 43.3 Å². The van der Waals surface area contributed by atoms with Crippen LogP contribution < -0.4 is 15.4 Å². The third kappa shape index (κ3) is 2.67. The van der Waals surface area contributed by atoms with Crippen LogP contribution in [0.5, 0.6) is 5.75 Å². The van der Waals surface area contributed by atoms with Crippen LogP contribution in [0.3, 0.4) is 0 Å². The Morgan fingerprint density at radius 3 is 2.92 bits per heavy atom. The van der Waals surface area contributed by atoms with Gasteiger partial charge in [0.25, 0.3) is 0 Å². The van der Waals surface area contributed by atoms with Gasteiger partial charge in [0.15, 0.2) is 0 Å². The van der Waals surface area contributed by atoms with Crippen LogP contribution in [0, 0.1) is 6.92 Å². The van der Waals surface area contributed by atoms with Gasteiger partial charge in [-0.25, -0.2) is 4.98 Å². The van der Waals surface area contributed by atoms with Crippen molar-refractivity contribution in [1.29, 1.82) is 0 Å². The van der Waals surface area contributed by atoms with E-state index in [0.717, 1.165) is 16.6 Å². The number of ether oxygens (including phenoxy) is 1. The van der Waals surface area contributed by atoms with E-state index in [2.05, 4.69) is 15.6 Å². The summed E-state index contributed by atoms with van der Waals surface area (Å²) in [5, 5.41) is 5.59. The van der Waals surface area contributed by atoms with Crippen LogP contribution >= 0.6 is 0 Å².